The maximum absolute atomic E-state index is 5.49. The Kier molecular flexibility index (Phi) is 3.28. The molecule has 4 heteroatoms. The molecule has 0 radical (unpaired) electrons. The number of anilines is 1. The number of rotatable bonds is 3. The smallest absolute Gasteiger partial charge is 0.218 e. The number of nitrogen functional groups attached to an aromatic ring is 1. The quantitative estimate of drug-likeness (QED) is 0.799. The zero-order valence-corrected chi connectivity index (χ0v) is 8.95. The summed E-state index contributed by atoms with van der Waals surface area (Å²) >= 11 is 0. The lowest BCUT2D eigenvalue weighted by Gasteiger charge is -2.17. The molecule has 1 aromatic rings. The van der Waals surface area contributed by atoms with Crippen LogP contribution in [0.3, 0.4) is 0 Å². The van der Waals surface area contributed by atoms with Gasteiger partial charge in [-0.3, -0.25) is 0 Å². The van der Waals surface area contributed by atoms with E-state index in [2.05, 4.69) is 30.7 Å². The van der Waals surface area contributed by atoms with Crippen LogP contribution in [0.15, 0.2) is 12.4 Å². The van der Waals surface area contributed by atoms with Gasteiger partial charge in [0.15, 0.2) is 0 Å². The molecule has 1 aromatic heterocycles. The molecule has 1 rings (SSSR count). The number of hydrogen-bond donors (Lipinski definition) is 1. The summed E-state index contributed by atoms with van der Waals surface area (Å²) in [4.78, 5) is 7.73. The van der Waals surface area contributed by atoms with Crippen molar-refractivity contribution in [1.82, 2.24) is 9.97 Å². The number of ether oxygens (including phenoxy) is 1. The molecule has 0 atom stereocenters. The average Bonchev–Trinajstić information content (AvgIpc) is 2.01. The molecular formula is C10H17N3O. The van der Waals surface area contributed by atoms with E-state index in [1.807, 2.05) is 0 Å². The monoisotopic (exact) mass is 195 g/mol. The third-order valence-corrected chi connectivity index (χ3v) is 1.77. The van der Waals surface area contributed by atoms with Gasteiger partial charge in [-0.2, -0.15) is 0 Å². The Bertz CT molecular complexity index is 294. The van der Waals surface area contributed by atoms with Crippen LogP contribution < -0.4 is 10.5 Å². The van der Waals surface area contributed by atoms with Crippen molar-refractivity contribution in [3.8, 4) is 5.88 Å². The first-order valence-electron chi connectivity index (χ1n) is 4.68. The van der Waals surface area contributed by atoms with Crippen LogP contribution in [0.4, 0.5) is 5.82 Å². The van der Waals surface area contributed by atoms with Crippen LogP contribution in [0, 0.1) is 5.41 Å². The number of nitrogens with two attached hydrogens (primary N) is 1. The molecule has 0 spiro atoms. The van der Waals surface area contributed by atoms with Crippen molar-refractivity contribution < 1.29 is 4.74 Å². The van der Waals surface area contributed by atoms with E-state index in [1.165, 1.54) is 6.33 Å². The first-order valence-corrected chi connectivity index (χ1v) is 4.68. The summed E-state index contributed by atoms with van der Waals surface area (Å²) in [7, 11) is 0. The minimum Gasteiger partial charge on any atom is -0.478 e. The SMILES string of the molecule is CC(C)(C)CCOc1cc(N)ncn1. The van der Waals surface area contributed by atoms with Gasteiger partial charge in [0.25, 0.3) is 0 Å². The van der Waals surface area contributed by atoms with Gasteiger partial charge in [0.1, 0.15) is 12.1 Å². The van der Waals surface area contributed by atoms with E-state index >= 15 is 0 Å². The Hall–Kier alpha value is -1.32. The lowest BCUT2D eigenvalue weighted by Crippen LogP contribution is -2.11. The second kappa shape index (κ2) is 4.26. The molecule has 0 fully saturated rings. The van der Waals surface area contributed by atoms with Gasteiger partial charge in [-0.05, 0) is 11.8 Å². The summed E-state index contributed by atoms with van der Waals surface area (Å²) in [5, 5.41) is 0. The van der Waals surface area contributed by atoms with Gasteiger partial charge in [0.05, 0.1) is 6.61 Å². The molecule has 0 saturated carbocycles. The fourth-order valence-electron chi connectivity index (χ4n) is 0.894. The molecule has 0 aromatic carbocycles. The highest BCUT2D eigenvalue weighted by atomic mass is 16.5. The topological polar surface area (TPSA) is 61.0 Å². The highest BCUT2D eigenvalue weighted by molar-refractivity contribution is 5.30. The van der Waals surface area contributed by atoms with Crippen LogP contribution in [-0.2, 0) is 0 Å². The van der Waals surface area contributed by atoms with Crippen molar-refractivity contribution in [3.05, 3.63) is 12.4 Å². The highest BCUT2D eigenvalue weighted by Crippen LogP contribution is 2.18. The van der Waals surface area contributed by atoms with Crippen LogP contribution in [0.25, 0.3) is 0 Å². The van der Waals surface area contributed by atoms with Crippen molar-refractivity contribution in [2.24, 2.45) is 5.41 Å². The molecule has 4 nitrogen and oxygen atoms in total. The van der Waals surface area contributed by atoms with Crippen LogP contribution in [-0.4, -0.2) is 16.6 Å². The van der Waals surface area contributed by atoms with E-state index in [4.69, 9.17) is 10.5 Å². The van der Waals surface area contributed by atoms with Gasteiger partial charge in [-0.1, -0.05) is 20.8 Å². The molecule has 0 saturated heterocycles. The van der Waals surface area contributed by atoms with E-state index in [0.717, 1.165) is 6.42 Å². The highest BCUT2D eigenvalue weighted by Gasteiger charge is 2.10. The standard InChI is InChI=1S/C10H17N3O/c1-10(2,3)4-5-14-9-6-8(11)12-7-13-9/h6-7H,4-5H2,1-3H3,(H2,11,12,13). The van der Waals surface area contributed by atoms with Crippen molar-refractivity contribution >= 4 is 5.82 Å². The molecule has 1 heterocycles. The average molecular weight is 195 g/mol. The minimum atomic E-state index is 0.276. The Morgan fingerprint density at radius 2 is 2.07 bits per heavy atom. The summed E-state index contributed by atoms with van der Waals surface area (Å²) in [6.45, 7) is 7.17. The van der Waals surface area contributed by atoms with Gasteiger partial charge in [-0.25, -0.2) is 9.97 Å². The van der Waals surface area contributed by atoms with Crippen LogP contribution in [0.5, 0.6) is 5.88 Å². The zero-order chi connectivity index (χ0) is 10.6. The van der Waals surface area contributed by atoms with Crippen LogP contribution in [0.1, 0.15) is 27.2 Å². The Morgan fingerprint density at radius 3 is 2.64 bits per heavy atom. The largest absolute Gasteiger partial charge is 0.478 e. The Morgan fingerprint density at radius 1 is 1.36 bits per heavy atom. The molecule has 0 bridgehead atoms. The predicted octanol–water partition coefficient (Wildman–Crippen LogP) is 1.87. The zero-order valence-electron chi connectivity index (χ0n) is 8.95. The van der Waals surface area contributed by atoms with E-state index < -0.39 is 0 Å². The van der Waals surface area contributed by atoms with Crippen molar-refractivity contribution in [1.29, 1.82) is 0 Å². The number of hydrogen-bond acceptors (Lipinski definition) is 4. The second-order valence-electron chi connectivity index (χ2n) is 4.44. The van der Waals surface area contributed by atoms with Crippen LogP contribution in [0.2, 0.25) is 0 Å². The van der Waals surface area contributed by atoms with Crippen LogP contribution >= 0.6 is 0 Å². The molecule has 0 aliphatic carbocycles. The summed E-state index contributed by atoms with van der Waals surface area (Å²) in [5.41, 5.74) is 5.76. The summed E-state index contributed by atoms with van der Waals surface area (Å²) in [5.74, 6) is 0.979. The summed E-state index contributed by atoms with van der Waals surface area (Å²) < 4.78 is 5.43. The van der Waals surface area contributed by atoms with Gasteiger partial charge in [0.2, 0.25) is 5.88 Å². The third-order valence-electron chi connectivity index (χ3n) is 1.77. The molecule has 78 valence electrons. The Labute approximate surface area is 84.5 Å². The predicted molar refractivity (Wildman–Crippen MR) is 56.0 cm³/mol. The van der Waals surface area contributed by atoms with Crippen molar-refractivity contribution in [2.75, 3.05) is 12.3 Å². The first-order chi connectivity index (χ1) is 6.47. The molecule has 0 amide bonds. The van der Waals surface area contributed by atoms with Crippen molar-refractivity contribution in [3.63, 3.8) is 0 Å². The number of nitrogens with zero attached hydrogens (tertiary/aromatic N) is 2. The molecule has 14 heavy (non-hydrogen) atoms. The van der Waals surface area contributed by atoms with Gasteiger partial charge >= 0.3 is 0 Å². The summed E-state index contributed by atoms with van der Waals surface area (Å²) in [6.07, 6.45) is 2.39. The Balaban J connectivity index is 2.39. The fraction of sp³-hybridized carbons (Fsp3) is 0.600. The minimum absolute atomic E-state index is 0.276. The maximum Gasteiger partial charge on any atom is 0.218 e. The first kappa shape index (κ1) is 10.8. The lowest BCUT2D eigenvalue weighted by atomic mass is 9.93. The van der Waals surface area contributed by atoms with Crippen molar-refractivity contribution in [2.45, 2.75) is 27.2 Å². The third kappa shape index (κ3) is 4.07. The van der Waals surface area contributed by atoms with E-state index in [-0.39, 0.29) is 5.41 Å². The molecule has 0 unspecified atom stereocenters. The van der Waals surface area contributed by atoms with Gasteiger partial charge in [0, 0.05) is 6.07 Å². The fourth-order valence-corrected chi connectivity index (χ4v) is 0.894. The van der Waals surface area contributed by atoms with E-state index in [0.29, 0.717) is 18.3 Å². The van der Waals surface area contributed by atoms with E-state index in [9.17, 15) is 0 Å². The van der Waals surface area contributed by atoms with Gasteiger partial charge < -0.3 is 10.5 Å². The maximum atomic E-state index is 5.49. The number of aromatic nitrogens is 2. The summed E-state index contributed by atoms with van der Waals surface area (Å²) in [6, 6.07) is 1.63. The molecule has 0 aliphatic heterocycles. The lowest BCUT2D eigenvalue weighted by molar-refractivity contribution is 0.236. The van der Waals surface area contributed by atoms with Gasteiger partial charge in [-0.15, -0.1) is 0 Å². The molecule has 0 aliphatic rings. The normalized spacial score (nSPS) is 11.4. The van der Waals surface area contributed by atoms with E-state index in [1.54, 1.807) is 6.07 Å². The second-order valence-corrected chi connectivity index (χ2v) is 4.44. The molecule has 2 N–H and O–H groups in total. The molecular weight excluding hydrogens is 178 g/mol.